The highest BCUT2D eigenvalue weighted by Crippen LogP contribution is 2.27. The summed E-state index contributed by atoms with van der Waals surface area (Å²) < 4.78 is 0. The quantitative estimate of drug-likeness (QED) is 0.795. The van der Waals surface area contributed by atoms with Gasteiger partial charge in [-0.25, -0.2) is 0 Å². The topological polar surface area (TPSA) is 49.6 Å². The van der Waals surface area contributed by atoms with Crippen LogP contribution < -0.4 is 5.73 Å². The summed E-state index contributed by atoms with van der Waals surface area (Å²) in [4.78, 5) is 17.4. The molecule has 0 spiro atoms. The molecule has 1 amide bonds. The summed E-state index contributed by atoms with van der Waals surface area (Å²) in [5, 5.41) is 0. The van der Waals surface area contributed by atoms with Gasteiger partial charge < -0.3 is 10.6 Å². The van der Waals surface area contributed by atoms with Gasteiger partial charge in [0, 0.05) is 36.4 Å². The lowest BCUT2D eigenvalue weighted by Crippen LogP contribution is -2.56. The number of carbonyl (C=O) groups excluding carboxylic acids is 1. The smallest absolute Gasteiger partial charge is 0.254 e. The predicted molar refractivity (Wildman–Crippen MR) is 80.7 cm³/mol. The van der Waals surface area contributed by atoms with Crippen LogP contribution in [0.25, 0.3) is 0 Å². The van der Waals surface area contributed by atoms with Crippen LogP contribution in [0.5, 0.6) is 0 Å². The highest BCUT2D eigenvalue weighted by Gasteiger charge is 2.36. The second-order valence-electron chi connectivity index (χ2n) is 6.12. The molecule has 2 unspecified atom stereocenters. The molecule has 1 aromatic carbocycles. The normalized spacial score (nSPS) is 26.6. The fourth-order valence-electron chi connectivity index (χ4n) is 3.51. The number of amides is 1. The van der Waals surface area contributed by atoms with E-state index in [1.807, 2.05) is 30.0 Å². The fourth-order valence-corrected chi connectivity index (χ4v) is 3.51. The van der Waals surface area contributed by atoms with Crippen molar-refractivity contribution in [3.63, 3.8) is 0 Å². The zero-order chi connectivity index (χ0) is 14.3. The Morgan fingerprint density at radius 2 is 2.15 bits per heavy atom. The van der Waals surface area contributed by atoms with Gasteiger partial charge in [0.2, 0.25) is 0 Å². The zero-order valence-corrected chi connectivity index (χ0v) is 12.3. The van der Waals surface area contributed by atoms with Crippen molar-refractivity contribution in [3.05, 3.63) is 29.3 Å². The van der Waals surface area contributed by atoms with Gasteiger partial charge in [0.15, 0.2) is 0 Å². The maximum absolute atomic E-state index is 12.8. The van der Waals surface area contributed by atoms with Gasteiger partial charge in [-0.2, -0.15) is 0 Å². The van der Waals surface area contributed by atoms with E-state index in [-0.39, 0.29) is 11.9 Å². The number of nitrogens with two attached hydrogens (primary N) is 1. The number of anilines is 1. The number of piperazine rings is 1. The molecule has 2 atom stereocenters. The maximum atomic E-state index is 12.8. The minimum absolute atomic E-state index is 0.133. The molecule has 2 heterocycles. The standard InChI is InChI=1S/C16H23N3O/c1-11-9-18-8-4-5-13(18)10-19(11)16(20)14-6-3-7-15(17)12(14)2/h3,6-7,11,13H,4-5,8-10,17H2,1-2H3. The summed E-state index contributed by atoms with van der Waals surface area (Å²) in [7, 11) is 0. The van der Waals surface area contributed by atoms with Gasteiger partial charge in [-0.05, 0) is 50.9 Å². The predicted octanol–water partition coefficient (Wildman–Crippen LogP) is 1.89. The Bertz CT molecular complexity index is 528. The third-order valence-corrected chi connectivity index (χ3v) is 4.80. The summed E-state index contributed by atoms with van der Waals surface area (Å²) in [5.41, 5.74) is 8.28. The van der Waals surface area contributed by atoms with E-state index in [0.717, 1.165) is 24.2 Å². The maximum Gasteiger partial charge on any atom is 0.254 e. The zero-order valence-electron chi connectivity index (χ0n) is 12.3. The average Bonchev–Trinajstić information content (AvgIpc) is 2.87. The Kier molecular flexibility index (Phi) is 3.42. The van der Waals surface area contributed by atoms with E-state index < -0.39 is 0 Å². The molecule has 0 aromatic heterocycles. The van der Waals surface area contributed by atoms with Crippen LogP contribution >= 0.6 is 0 Å². The van der Waals surface area contributed by atoms with Crippen LogP contribution in [0.3, 0.4) is 0 Å². The van der Waals surface area contributed by atoms with Crippen molar-refractivity contribution in [2.45, 2.75) is 38.8 Å². The molecule has 2 aliphatic rings. The molecular weight excluding hydrogens is 250 g/mol. The van der Waals surface area contributed by atoms with Crippen molar-refractivity contribution in [3.8, 4) is 0 Å². The summed E-state index contributed by atoms with van der Waals surface area (Å²) in [6, 6.07) is 6.44. The monoisotopic (exact) mass is 273 g/mol. The van der Waals surface area contributed by atoms with Gasteiger partial charge in [-0.1, -0.05) is 6.07 Å². The van der Waals surface area contributed by atoms with Crippen molar-refractivity contribution < 1.29 is 4.79 Å². The first-order valence-corrected chi connectivity index (χ1v) is 7.48. The van der Waals surface area contributed by atoms with Crippen molar-refractivity contribution in [2.24, 2.45) is 0 Å². The SMILES string of the molecule is Cc1c(N)cccc1C(=O)N1CC2CCCN2CC1C. The van der Waals surface area contributed by atoms with Crippen LogP contribution in [-0.2, 0) is 0 Å². The average molecular weight is 273 g/mol. The Morgan fingerprint density at radius 1 is 1.35 bits per heavy atom. The first-order valence-electron chi connectivity index (χ1n) is 7.48. The van der Waals surface area contributed by atoms with Crippen molar-refractivity contribution in [1.29, 1.82) is 0 Å². The molecule has 3 rings (SSSR count). The molecule has 0 saturated carbocycles. The van der Waals surface area contributed by atoms with Crippen LogP contribution in [0.2, 0.25) is 0 Å². The molecule has 0 bridgehead atoms. The Balaban J connectivity index is 1.84. The van der Waals surface area contributed by atoms with Crippen LogP contribution in [0.15, 0.2) is 18.2 Å². The highest BCUT2D eigenvalue weighted by atomic mass is 16.2. The Hall–Kier alpha value is -1.55. The number of rotatable bonds is 1. The molecule has 4 nitrogen and oxygen atoms in total. The van der Waals surface area contributed by atoms with E-state index in [1.54, 1.807) is 0 Å². The Morgan fingerprint density at radius 3 is 2.95 bits per heavy atom. The molecular formula is C16H23N3O. The second kappa shape index (κ2) is 5.09. The molecule has 2 aliphatic heterocycles. The van der Waals surface area contributed by atoms with Gasteiger partial charge >= 0.3 is 0 Å². The van der Waals surface area contributed by atoms with Gasteiger partial charge in [0.25, 0.3) is 5.91 Å². The van der Waals surface area contributed by atoms with E-state index in [9.17, 15) is 4.79 Å². The Labute approximate surface area is 120 Å². The van der Waals surface area contributed by atoms with Crippen LogP contribution in [0.1, 0.15) is 35.7 Å². The summed E-state index contributed by atoms with van der Waals surface area (Å²) in [6.07, 6.45) is 2.48. The lowest BCUT2D eigenvalue weighted by molar-refractivity contribution is 0.0395. The molecule has 108 valence electrons. The van der Waals surface area contributed by atoms with E-state index in [2.05, 4.69) is 11.8 Å². The largest absolute Gasteiger partial charge is 0.398 e. The van der Waals surface area contributed by atoms with Crippen molar-refractivity contribution in [1.82, 2.24) is 9.80 Å². The first kappa shape index (κ1) is 13.4. The molecule has 2 fully saturated rings. The minimum Gasteiger partial charge on any atom is -0.398 e. The summed E-state index contributed by atoms with van der Waals surface area (Å²) >= 11 is 0. The molecule has 0 aliphatic carbocycles. The number of nitrogens with zero attached hydrogens (tertiary/aromatic N) is 2. The van der Waals surface area contributed by atoms with Crippen molar-refractivity contribution in [2.75, 3.05) is 25.4 Å². The molecule has 2 saturated heterocycles. The van der Waals surface area contributed by atoms with E-state index in [0.29, 0.717) is 11.7 Å². The fraction of sp³-hybridized carbons (Fsp3) is 0.562. The molecule has 2 N–H and O–H groups in total. The van der Waals surface area contributed by atoms with Crippen molar-refractivity contribution >= 4 is 11.6 Å². The van der Waals surface area contributed by atoms with Gasteiger partial charge in [0.1, 0.15) is 0 Å². The van der Waals surface area contributed by atoms with Crippen LogP contribution in [0, 0.1) is 6.92 Å². The number of hydrogen-bond acceptors (Lipinski definition) is 3. The lowest BCUT2D eigenvalue weighted by Gasteiger charge is -2.42. The summed E-state index contributed by atoms with van der Waals surface area (Å²) in [6.45, 7) is 7.12. The van der Waals surface area contributed by atoms with Gasteiger partial charge in [-0.3, -0.25) is 9.69 Å². The number of fused-ring (bicyclic) bond motifs is 1. The van der Waals surface area contributed by atoms with Gasteiger partial charge in [0.05, 0.1) is 0 Å². The van der Waals surface area contributed by atoms with E-state index in [4.69, 9.17) is 5.73 Å². The number of hydrogen-bond donors (Lipinski definition) is 1. The summed E-state index contributed by atoms with van der Waals surface area (Å²) in [5.74, 6) is 0.133. The third-order valence-electron chi connectivity index (χ3n) is 4.80. The van der Waals surface area contributed by atoms with E-state index in [1.165, 1.54) is 19.4 Å². The minimum atomic E-state index is 0.133. The second-order valence-corrected chi connectivity index (χ2v) is 6.12. The third kappa shape index (κ3) is 2.18. The number of benzene rings is 1. The first-order chi connectivity index (χ1) is 9.58. The van der Waals surface area contributed by atoms with E-state index >= 15 is 0 Å². The molecule has 0 radical (unpaired) electrons. The van der Waals surface area contributed by atoms with Crippen LogP contribution in [-0.4, -0.2) is 47.4 Å². The molecule has 4 heteroatoms. The molecule has 1 aromatic rings. The van der Waals surface area contributed by atoms with Crippen LogP contribution in [0.4, 0.5) is 5.69 Å². The lowest BCUT2D eigenvalue weighted by atomic mass is 10.0. The number of nitrogen functional groups attached to an aromatic ring is 1. The van der Waals surface area contributed by atoms with Gasteiger partial charge in [-0.15, -0.1) is 0 Å². The highest BCUT2D eigenvalue weighted by molar-refractivity contribution is 5.97. The number of carbonyl (C=O) groups is 1. The molecule has 20 heavy (non-hydrogen) atoms.